The van der Waals surface area contributed by atoms with Crippen molar-refractivity contribution in [3.05, 3.63) is 41.7 Å². The fraction of sp³-hybridized carbons (Fsp3) is 0.556. The fourth-order valence-corrected chi connectivity index (χ4v) is 2.95. The summed E-state index contributed by atoms with van der Waals surface area (Å²) in [5.41, 5.74) is -3.56. The maximum atomic E-state index is 12.4. The summed E-state index contributed by atoms with van der Waals surface area (Å²) in [6.07, 6.45) is 0. The minimum atomic E-state index is -0.786. The molecule has 0 aliphatic heterocycles. The first-order valence-corrected chi connectivity index (χ1v) is 9.79. The minimum absolute atomic E-state index is 0.0564. The summed E-state index contributed by atoms with van der Waals surface area (Å²) in [7, 11) is 3.07. The molecule has 0 bridgehead atoms. The zero-order chi connectivity index (χ0) is 23.1. The summed E-state index contributed by atoms with van der Waals surface area (Å²) in [6.45, 7) is 1.79. The van der Waals surface area contributed by atoms with E-state index in [0.29, 0.717) is 26.4 Å². The molecular formula is C18H24N6O8. The van der Waals surface area contributed by atoms with Gasteiger partial charge in [0.05, 0.1) is 52.7 Å². The van der Waals surface area contributed by atoms with Gasteiger partial charge >= 0.3 is 11.4 Å². The van der Waals surface area contributed by atoms with Crippen molar-refractivity contribution in [3.8, 4) is 0 Å². The molecule has 0 aliphatic carbocycles. The van der Waals surface area contributed by atoms with Crippen LogP contribution in [0, 0.1) is 0 Å². The molecule has 174 valence electrons. The molecular weight excluding hydrogens is 428 g/mol. The van der Waals surface area contributed by atoms with Crippen LogP contribution in [0.15, 0.2) is 19.2 Å². The molecule has 0 saturated carbocycles. The number of ether oxygens (including phenoxy) is 4. The van der Waals surface area contributed by atoms with Crippen LogP contribution in [-0.2, 0) is 32.0 Å². The number of rotatable bonds is 12. The molecule has 3 aromatic heterocycles. The van der Waals surface area contributed by atoms with Gasteiger partial charge in [-0.2, -0.15) is 0 Å². The van der Waals surface area contributed by atoms with Crippen LogP contribution in [0.5, 0.6) is 0 Å². The largest absolute Gasteiger partial charge is 0.382 e. The Hall–Kier alpha value is -3.20. The van der Waals surface area contributed by atoms with Gasteiger partial charge in [0.1, 0.15) is 0 Å². The Kier molecular flexibility index (Phi) is 7.99. The van der Waals surface area contributed by atoms with E-state index in [1.54, 1.807) is 0 Å². The van der Waals surface area contributed by atoms with Gasteiger partial charge < -0.3 is 18.9 Å². The highest BCUT2D eigenvalue weighted by Crippen LogP contribution is 2.08. The zero-order valence-corrected chi connectivity index (χ0v) is 17.7. The summed E-state index contributed by atoms with van der Waals surface area (Å²) in [5.74, 6) is 0. The maximum Gasteiger partial charge on any atom is 0.330 e. The SMILES string of the molecule is COCCOCCn1c(=O)[nH]c(=O)c2nc3c(nc21)c(=O)[nH]c(=O)n3CCOCCOC. The van der Waals surface area contributed by atoms with E-state index in [2.05, 4.69) is 19.9 Å². The van der Waals surface area contributed by atoms with Crippen molar-refractivity contribution in [2.24, 2.45) is 0 Å². The van der Waals surface area contributed by atoms with E-state index < -0.39 is 22.5 Å². The van der Waals surface area contributed by atoms with Gasteiger partial charge in [-0.25, -0.2) is 19.6 Å². The van der Waals surface area contributed by atoms with Gasteiger partial charge in [0.15, 0.2) is 22.3 Å². The van der Waals surface area contributed by atoms with Gasteiger partial charge in [0.25, 0.3) is 11.1 Å². The second-order valence-electron chi connectivity index (χ2n) is 6.60. The third-order valence-electron chi connectivity index (χ3n) is 4.51. The second-order valence-corrected chi connectivity index (χ2v) is 6.60. The summed E-state index contributed by atoms with van der Waals surface area (Å²) in [4.78, 5) is 62.2. The molecule has 3 rings (SSSR count). The van der Waals surface area contributed by atoms with Gasteiger partial charge in [-0.1, -0.05) is 0 Å². The lowest BCUT2D eigenvalue weighted by atomic mass is 10.4. The van der Waals surface area contributed by atoms with Gasteiger partial charge in [-0.15, -0.1) is 0 Å². The number of aromatic amines is 2. The second kappa shape index (κ2) is 10.9. The van der Waals surface area contributed by atoms with Crippen molar-refractivity contribution < 1.29 is 18.9 Å². The lowest BCUT2D eigenvalue weighted by Gasteiger charge is -2.12. The summed E-state index contributed by atoms with van der Waals surface area (Å²) in [5, 5.41) is 0. The van der Waals surface area contributed by atoms with E-state index in [-0.39, 0.29) is 48.6 Å². The molecule has 3 aromatic rings. The first-order chi connectivity index (χ1) is 15.5. The minimum Gasteiger partial charge on any atom is -0.382 e. The highest BCUT2D eigenvalue weighted by molar-refractivity contribution is 5.81. The molecule has 0 radical (unpaired) electrons. The van der Waals surface area contributed by atoms with Crippen LogP contribution < -0.4 is 22.5 Å². The van der Waals surface area contributed by atoms with Crippen LogP contribution in [0.2, 0.25) is 0 Å². The van der Waals surface area contributed by atoms with Crippen molar-refractivity contribution in [1.29, 1.82) is 0 Å². The van der Waals surface area contributed by atoms with E-state index in [9.17, 15) is 19.2 Å². The number of fused-ring (bicyclic) bond motifs is 2. The number of nitrogens with one attached hydrogen (secondary N) is 2. The molecule has 3 heterocycles. The number of hydrogen-bond donors (Lipinski definition) is 2. The molecule has 0 atom stereocenters. The molecule has 0 fully saturated rings. The predicted molar refractivity (Wildman–Crippen MR) is 112 cm³/mol. The number of methoxy groups -OCH3 is 2. The average Bonchev–Trinajstić information content (AvgIpc) is 2.76. The van der Waals surface area contributed by atoms with Crippen LogP contribution in [0.25, 0.3) is 22.3 Å². The molecule has 0 amide bonds. The topological polar surface area (TPSA) is 172 Å². The number of nitrogens with zero attached hydrogens (tertiary/aromatic N) is 4. The number of H-pyrrole nitrogens is 2. The first-order valence-electron chi connectivity index (χ1n) is 9.79. The quantitative estimate of drug-likeness (QED) is 0.227. The van der Waals surface area contributed by atoms with Crippen molar-refractivity contribution in [3.63, 3.8) is 0 Å². The predicted octanol–water partition coefficient (Wildman–Crippen LogP) is -2.19. The van der Waals surface area contributed by atoms with Crippen LogP contribution in [0.4, 0.5) is 0 Å². The van der Waals surface area contributed by atoms with Crippen LogP contribution >= 0.6 is 0 Å². The van der Waals surface area contributed by atoms with Crippen molar-refractivity contribution in [2.75, 3.05) is 53.9 Å². The molecule has 2 N–H and O–H groups in total. The highest BCUT2D eigenvalue weighted by atomic mass is 16.5. The number of aromatic nitrogens is 6. The summed E-state index contributed by atoms with van der Waals surface area (Å²) < 4.78 is 22.8. The Morgan fingerprint density at radius 2 is 1.06 bits per heavy atom. The van der Waals surface area contributed by atoms with Crippen molar-refractivity contribution in [2.45, 2.75) is 13.1 Å². The Morgan fingerprint density at radius 1 is 0.656 bits per heavy atom. The third-order valence-corrected chi connectivity index (χ3v) is 4.51. The van der Waals surface area contributed by atoms with Crippen molar-refractivity contribution in [1.82, 2.24) is 29.1 Å². The Balaban J connectivity index is 2.05. The van der Waals surface area contributed by atoms with Gasteiger partial charge in [0, 0.05) is 14.2 Å². The highest BCUT2D eigenvalue weighted by Gasteiger charge is 2.17. The summed E-state index contributed by atoms with van der Waals surface area (Å²) >= 11 is 0. The zero-order valence-electron chi connectivity index (χ0n) is 17.7. The van der Waals surface area contributed by atoms with Crippen molar-refractivity contribution >= 4 is 22.3 Å². The molecule has 0 aromatic carbocycles. The Morgan fingerprint density at radius 3 is 1.44 bits per heavy atom. The molecule has 0 saturated heterocycles. The van der Waals surface area contributed by atoms with Crippen LogP contribution in [0.1, 0.15) is 0 Å². The van der Waals surface area contributed by atoms with Crippen LogP contribution in [-0.4, -0.2) is 82.9 Å². The van der Waals surface area contributed by atoms with E-state index in [4.69, 9.17) is 18.9 Å². The number of hydrogen-bond acceptors (Lipinski definition) is 10. The molecule has 0 spiro atoms. The lowest BCUT2D eigenvalue weighted by Crippen LogP contribution is -2.35. The van der Waals surface area contributed by atoms with E-state index in [1.165, 1.54) is 14.2 Å². The van der Waals surface area contributed by atoms with Crippen LogP contribution in [0.3, 0.4) is 0 Å². The molecule has 14 nitrogen and oxygen atoms in total. The van der Waals surface area contributed by atoms with E-state index in [1.807, 2.05) is 0 Å². The first kappa shape index (κ1) is 23.5. The Labute approximate surface area is 179 Å². The molecule has 0 aliphatic rings. The lowest BCUT2D eigenvalue weighted by molar-refractivity contribution is 0.0664. The molecule has 32 heavy (non-hydrogen) atoms. The van der Waals surface area contributed by atoms with Gasteiger partial charge in [-0.3, -0.25) is 28.7 Å². The van der Waals surface area contributed by atoms with Gasteiger partial charge in [0.2, 0.25) is 0 Å². The normalized spacial score (nSPS) is 11.6. The van der Waals surface area contributed by atoms with Gasteiger partial charge in [-0.05, 0) is 0 Å². The molecule has 0 unspecified atom stereocenters. The standard InChI is InChI=1S/C18H24N6O8/c1-29-7-9-31-5-3-23-13-11(15(25)21-17(23)27)20-14-12(19-13)16(26)22-18(28)24(14)4-6-32-10-8-30-2/h3-10H2,1-2H3,(H,21,25,27)(H,22,26,28). The Bertz CT molecular complexity index is 1210. The smallest absolute Gasteiger partial charge is 0.330 e. The molecule has 14 heteroatoms. The van der Waals surface area contributed by atoms with E-state index in [0.717, 1.165) is 9.13 Å². The maximum absolute atomic E-state index is 12.4. The monoisotopic (exact) mass is 452 g/mol. The van der Waals surface area contributed by atoms with E-state index >= 15 is 0 Å². The summed E-state index contributed by atoms with van der Waals surface area (Å²) in [6, 6.07) is 0. The average molecular weight is 452 g/mol. The third kappa shape index (κ3) is 5.16. The fourth-order valence-electron chi connectivity index (χ4n) is 2.95.